The molecule has 10 heteroatoms. The Labute approximate surface area is 148 Å². The summed E-state index contributed by atoms with van der Waals surface area (Å²) in [5.41, 5.74) is -0.889. The van der Waals surface area contributed by atoms with Crippen LogP contribution in [0.25, 0.3) is 0 Å². The molecule has 0 radical (unpaired) electrons. The summed E-state index contributed by atoms with van der Waals surface area (Å²) in [5.74, 6) is -0.476. The third kappa shape index (κ3) is 6.16. The molecule has 0 aliphatic heterocycles. The number of sulfonamides is 1. The molecule has 134 valence electrons. The van der Waals surface area contributed by atoms with Crippen LogP contribution in [0.2, 0.25) is 5.02 Å². The van der Waals surface area contributed by atoms with Crippen LogP contribution in [-0.2, 0) is 22.0 Å². The van der Waals surface area contributed by atoms with Gasteiger partial charge in [0.1, 0.15) is 6.54 Å². The molecular weight excluding hydrogens is 385 g/mol. The molecule has 0 aliphatic carbocycles. The summed E-state index contributed by atoms with van der Waals surface area (Å²) in [6.07, 6.45) is -4.55. The number of rotatable bonds is 7. The molecule has 1 aromatic rings. The fourth-order valence-electron chi connectivity index (χ4n) is 1.66. The fraction of sp³-hybridized carbons (Fsp3) is 0.500. The summed E-state index contributed by atoms with van der Waals surface area (Å²) in [5, 5.41) is 8.68. The first kappa shape index (κ1) is 21.1. The molecular formula is C14H16ClF3N2O2S2. The number of hydrogen-bond acceptors (Lipinski definition) is 4. The average molecular weight is 401 g/mol. The predicted molar refractivity (Wildman–Crippen MR) is 89.0 cm³/mol. The van der Waals surface area contributed by atoms with E-state index in [0.717, 1.165) is 16.4 Å². The normalized spacial score (nSPS) is 12.6. The first-order chi connectivity index (χ1) is 11.0. The largest absolute Gasteiger partial charge is 0.416 e. The van der Waals surface area contributed by atoms with E-state index in [-0.39, 0.29) is 28.3 Å². The highest BCUT2D eigenvalue weighted by molar-refractivity contribution is 8.00. The Kier molecular flexibility index (Phi) is 7.41. The number of nitrogens with zero attached hydrogens (tertiary/aromatic N) is 2. The van der Waals surface area contributed by atoms with Gasteiger partial charge in [0.25, 0.3) is 0 Å². The number of benzene rings is 1. The van der Waals surface area contributed by atoms with Crippen molar-refractivity contribution in [1.82, 2.24) is 4.31 Å². The van der Waals surface area contributed by atoms with Crippen molar-refractivity contribution in [3.8, 4) is 6.07 Å². The number of hydrogen-bond donors (Lipinski definition) is 0. The number of alkyl halides is 3. The lowest BCUT2D eigenvalue weighted by atomic mass is 10.1. The fourth-order valence-corrected chi connectivity index (χ4v) is 4.45. The Morgan fingerprint density at radius 1 is 1.38 bits per heavy atom. The second kappa shape index (κ2) is 8.43. The Balaban J connectivity index is 3.02. The number of nitriles is 1. The van der Waals surface area contributed by atoms with Gasteiger partial charge in [-0.1, -0.05) is 31.5 Å². The van der Waals surface area contributed by atoms with Crippen molar-refractivity contribution in [3.05, 3.63) is 34.3 Å². The van der Waals surface area contributed by atoms with Crippen LogP contribution in [0.15, 0.2) is 18.2 Å². The van der Waals surface area contributed by atoms with Crippen molar-refractivity contribution >= 4 is 33.4 Å². The van der Waals surface area contributed by atoms with Gasteiger partial charge in [0.05, 0.1) is 23.3 Å². The minimum Gasteiger partial charge on any atom is -0.212 e. The molecule has 0 aliphatic rings. The maximum Gasteiger partial charge on any atom is 0.416 e. The van der Waals surface area contributed by atoms with E-state index in [9.17, 15) is 21.6 Å². The van der Waals surface area contributed by atoms with E-state index < -0.39 is 27.5 Å². The monoisotopic (exact) mass is 400 g/mol. The summed E-state index contributed by atoms with van der Waals surface area (Å²) >= 11 is 7.14. The van der Waals surface area contributed by atoms with Gasteiger partial charge in [-0.15, -0.1) is 11.8 Å². The van der Waals surface area contributed by atoms with Crippen LogP contribution in [0.3, 0.4) is 0 Å². The van der Waals surface area contributed by atoms with Crippen LogP contribution in [0, 0.1) is 11.3 Å². The van der Waals surface area contributed by atoms with Gasteiger partial charge in [0.2, 0.25) is 10.0 Å². The molecule has 0 fully saturated rings. The van der Waals surface area contributed by atoms with Crippen molar-refractivity contribution in [3.63, 3.8) is 0 Å². The second-order valence-corrected chi connectivity index (χ2v) is 9.08. The first-order valence-corrected chi connectivity index (χ1v) is 9.83. The smallest absolute Gasteiger partial charge is 0.212 e. The third-order valence-electron chi connectivity index (χ3n) is 2.91. The lowest BCUT2D eigenvalue weighted by Crippen LogP contribution is -2.32. The Bertz CT molecular complexity index is 716. The van der Waals surface area contributed by atoms with Crippen LogP contribution in [0.1, 0.15) is 25.0 Å². The summed E-state index contributed by atoms with van der Waals surface area (Å²) < 4.78 is 63.7. The molecule has 0 N–H and O–H groups in total. The molecule has 0 atom stereocenters. The maximum atomic E-state index is 12.6. The highest BCUT2D eigenvalue weighted by atomic mass is 35.5. The van der Waals surface area contributed by atoms with E-state index in [1.165, 1.54) is 11.8 Å². The molecule has 0 unspecified atom stereocenters. The molecule has 0 aromatic heterocycles. The molecule has 1 aromatic carbocycles. The molecule has 0 saturated carbocycles. The molecule has 0 bridgehead atoms. The van der Waals surface area contributed by atoms with Crippen LogP contribution < -0.4 is 0 Å². The van der Waals surface area contributed by atoms with Crippen molar-refractivity contribution in [1.29, 1.82) is 5.26 Å². The van der Waals surface area contributed by atoms with Gasteiger partial charge >= 0.3 is 6.18 Å². The lowest BCUT2D eigenvalue weighted by molar-refractivity contribution is -0.137. The zero-order chi connectivity index (χ0) is 18.5. The van der Waals surface area contributed by atoms with Gasteiger partial charge in [-0.3, -0.25) is 0 Å². The minimum atomic E-state index is -4.55. The highest BCUT2D eigenvalue weighted by Gasteiger charge is 2.31. The zero-order valence-corrected chi connectivity index (χ0v) is 15.4. The molecule has 0 spiro atoms. The predicted octanol–water partition coefficient (Wildman–Crippen LogP) is 4.11. The van der Waals surface area contributed by atoms with Gasteiger partial charge in [0.15, 0.2) is 0 Å². The number of halogens is 4. The van der Waals surface area contributed by atoms with E-state index >= 15 is 0 Å². The SMILES string of the molecule is CC(C)SCN(CC#N)S(=O)(=O)Cc1ccc(C(F)(F)F)cc1Cl. The zero-order valence-electron chi connectivity index (χ0n) is 13.0. The average Bonchev–Trinajstić information content (AvgIpc) is 2.43. The highest BCUT2D eigenvalue weighted by Crippen LogP contribution is 2.32. The molecule has 0 heterocycles. The lowest BCUT2D eigenvalue weighted by Gasteiger charge is -2.20. The van der Waals surface area contributed by atoms with Crippen LogP contribution in [0.5, 0.6) is 0 Å². The quantitative estimate of drug-likeness (QED) is 0.510. The first-order valence-electron chi connectivity index (χ1n) is 6.79. The van der Waals surface area contributed by atoms with E-state index in [1.807, 2.05) is 13.8 Å². The summed E-state index contributed by atoms with van der Waals surface area (Å²) in [7, 11) is -3.88. The molecule has 4 nitrogen and oxygen atoms in total. The van der Waals surface area contributed by atoms with Crippen LogP contribution in [0.4, 0.5) is 13.2 Å². The molecule has 1 rings (SSSR count). The Morgan fingerprint density at radius 3 is 2.46 bits per heavy atom. The van der Waals surface area contributed by atoms with Crippen molar-refractivity contribution in [2.45, 2.75) is 31.0 Å². The Hall–Kier alpha value is -0.950. The summed E-state index contributed by atoms with van der Waals surface area (Å²) in [4.78, 5) is 0. The summed E-state index contributed by atoms with van der Waals surface area (Å²) in [6, 6.07) is 4.31. The van der Waals surface area contributed by atoms with Gasteiger partial charge in [-0.2, -0.15) is 22.7 Å². The van der Waals surface area contributed by atoms with E-state index in [2.05, 4.69) is 0 Å². The standard InChI is InChI=1S/C14H16ClF3N2O2S2/c1-10(2)23-9-20(6-5-19)24(21,22)8-11-3-4-12(7-13(11)15)14(16,17)18/h3-4,7,10H,6,8-9H2,1-2H3. The van der Waals surface area contributed by atoms with Gasteiger partial charge in [-0.25, -0.2) is 8.42 Å². The van der Waals surface area contributed by atoms with Gasteiger partial charge < -0.3 is 0 Å². The van der Waals surface area contributed by atoms with E-state index in [0.29, 0.717) is 6.07 Å². The van der Waals surface area contributed by atoms with E-state index in [4.69, 9.17) is 16.9 Å². The topological polar surface area (TPSA) is 61.2 Å². The second-order valence-electron chi connectivity index (χ2n) is 5.17. The third-order valence-corrected chi connectivity index (χ3v) is 6.27. The Morgan fingerprint density at radius 2 is 2.00 bits per heavy atom. The maximum absolute atomic E-state index is 12.6. The molecule has 0 amide bonds. The van der Waals surface area contributed by atoms with Crippen LogP contribution in [-0.4, -0.2) is 30.4 Å². The van der Waals surface area contributed by atoms with Crippen molar-refractivity contribution in [2.75, 3.05) is 12.4 Å². The molecule has 0 saturated heterocycles. The molecule has 24 heavy (non-hydrogen) atoms. The van der Waals surface area contributed by atoms with Crippen molar-refractivity contribution < 1.29 is 21.6 Å². The van der Waals surface area contributed by atoms with Crippen molar-refractivity contribution in [2.24, 2.45) is 0 Å². The summed E-state index contributed by atoms with van der Waals surface area (Å²) in [6.45, 7) is 3.43. The van der Waals surface area contributed by atoms with Gasteiger partial charge in [0, 0.05) is 10.3 Å². The number of thioether (sulfide) groups is 1. The van der Waals surface area contributed by atoms with Gasteiger partial charge in [-0.05, 0) is 17.7 Å². The minimum absolute atomic E-state index is 0.0575. The van der Waals surface area contributed by atoms with E-state index in [1.54, 1.807) is 6.07 Å². The van der Waals surface area contributed by atoms with Crippen LogP contribution >= 0.6 is 23.4 Å².